The van der Waals surface area contributed by atoms with E-state index in [0.29, 0.717) is 37.6 Å². The largest absolute Gasteiger partial charge is 0.493 e. The number of ketones is 1. The number of hydrogen-bond acceptors (Lipinski definition) is 6. The summed E-state index contributed by atoms with van der Waals surface area (Å²) < 4.78 is 15.7. The number of carbonyl (C=O) groups excluding carboxylic acids is 3. The maximum absolute atomic E-state index is 12.4. The van der Waals surface area contributed by atoms with Gasteiger partial charge in [0, 0.05) is 23.7 Å². The summed E-state index contributed by atoms with van der Waals surface area (Å²) in [5, 5.41) is 0.973. The molecular weight excluding hydrogens is 440 g/mol. The fourth-order valence-electron chi connectivity index (χ4n) is 2.71. The molecule has 1 aromatic carbocycles. The topological polar surface area (TPSA) is 78.9 Å². The number of unbranched alkanes of at least 4 members (excludes halogenated alkanes) is 2. The number of esters is 2. The van der Waals surface area contributed by atoms with Crippen LogP contribution in [0.15, 0.2) is 18.2 Å². The molecule has 0 spiro atoms. The normalized spacial score (nSPS) is 10.4. The zero-order valence-corrected chi connectivity index (χ0v) is 18.9. The lowest BCUT2D eigenvalue weighted by Gasteiger charge is -2.13. The molecule has 1 aromatic rings. The van der Waals surface area contributed by atoms with Gasteiger partial charge in [0.25, 0.3) is 0 Å². The molecule has 0 N–H and O–H groups in total. The number of rotatable bonds is 15. The number of hydrogen-bond donors (Lipinski definition) is 0. The standard InChI is InChI=1S/C22H31BrO6/c1-3-27-21(25)12-9-18-16-17(19(24)10-13-22(26)28-4-2)8-11-20(18)29-15-7-5-6-14-23/h8,11,16H,3-7,9-10,12-15H2,1-2H3. The van der Waals surface area contributed by atoms with E-state index in [4.69, 9.17) is 14.2 Å². The van der Waals surface area contributed by atoms with Gasteiger partial charge in [0.05, 0.1) is 26.2 Å². The van der Waals surface area contributed by atoms with Crippen LogP contribution >= 0.6 is 15.9 Å². The third-order valence-electron chi connectivity index (χ3n) is 4.18. The van der Waals surface area contributed by atoms with Gasteiger partial charge in [-0.05, 0) is 63.3 Å². The van der Waals surface area contributed by atoms with Gasteiger partial charge >= 0.3 is 11.9 Å². The summed E-state index contributed by atoms with van der Waals surface area (Å²) in [5.74, 6) is -0.129. The molecule has 6 nitrogen and oxygen atoms in total. The summed E-state index contributed by atoms with van der Waals surface area (Å²) in [6.07, 6.45) is 3.87. The molecule has 0 aliphatic heterocycles. The van der Waals surface area contributed by atoms with E-state index in [-0.39, 0.29) is 37.0 Å². The van der Waals surface area contributed by atoms with Crippen LogP contribution in [0.2, 0.25) is 0 Å². The van der Waals surface area contributed by atoms with Crippen molar-refractivity contribution in [1.29, 1.82) is 0 Å². The smallest absolute Gasteiger partial charge is 0.306 e. The molecule has 0 bridgehead atoms. The number of alkyl halides is 1. The number of carbonyl (C=O) groups is 3. The molecule has 162 valence electrons. The van der Waals surface area contributed by atoms with Gasteiger partial charge in [0.1, 0.15) is 5.75 Å². The second kappa shape index (κ2) is 15.0. The van der Waals surface area contributed by atoms with E-state index in [9.17, 15) is 14.4 Å². The van der Waals surface area contributed by atoms with E-state index >= 15 is 0 Å². The lowest BCUT2D eigenvalue weighted by Crippen LogP contribution is -2.10. The van der Waals surface area contributed by atoms with Gasteiger partial charge < -0.3 is 14.2 Å². The van der Waals surface area contributed by atoms with Crippen LogP contribution in [0.4, 0.5) is 0 Å². The number of aryl methyl sites for hydroxylation is 1. The highest BCUT2D eigenvalue weighted by molar-refractivity contribution is 9.09. The van der Waals surface area contributed by atoms with Crippen LogP contribution in [0.1, 0.15) is 68.3 Å². The summed E-state index contributed by atoms with van der Waals surface area (Å²) in [5.41, 5.74) is 1.29. The number of Topliss-reactive ketones (excluding diaryl/α,β-unsaturated/α-hetero) is 1. The first-order valence-corrected chi connectivity index (χ1v) is 11.3. The van der Waals surface area contributed by atoms with Gasteiger partial charge in [0.15, 0.2) is 5.78 Å². The van der Waals surface area contributed by atoms with Crippen LogP contribution in [0.5, 0.6) is 5.75 Å². The van der Waals surface area contributed by atoms with Crippen molar-refractivity contribution in [3.63, 3.8) is 0 Å². The summed E-state index contributed by atoms with van der Waals surface area (Å²) in [4.78, 5) is 35.7. The highest BCUT2D eigenvalue weighted by Gasteiger charge is 2.14. The molecule has 0 unspecified atom stereocenters. The maximum atomic E-state index is 12.4. The Kier molecular flexibility index (Phi) is 13.0. The number of halogens is 1. The fourth-order valence-corrected chi connectivity index (χ4v) is 3.10. The van der Waals surface area contributed by atoms with Crippen molar-refractivity contribution < 1.29 is 28.6 Å². The van der Waals surface area contributed by atoms with Crippen LogP contribution < -0.4 is 4.74 Å². The highest BCUT2D eigenvalue weighted by Crippen LogP contribution is 2.24. The third kappa shape index (κ3) is 10.5. The minimum Gasteiger partial charge on any atom is -0.493 e. The average molecular weight is 471 g/mol. The van der Waals surface area contributed by atoms with E-state index in [0.717, 1.165) is 30.2 Å². The minimum absolute atomic E-state index is 0.0522. The SMILES string of the molecule is CCOC(=O)CCC(=O)c1ccc(OCCCCCBr)c(CCC(=O)OCC)c1. The Morgan fingerprint density at radius 3 is 2.24 bits per heavy atom. The predicted octanol–water partition coefficient (Wildman–Crippen LogP) is 4.65. The molecule has 0 aliphatic rings. The van der Waals surface area contributed by atoms with Crippen LogP contribution in [-0.4, -0.2) is 42.9 Å². The van der Waals surface area contributed by atoms with Gasteiger partial charge in [-0.3, -0.25) is 14.4 Å². The summed E-state index contributed by atoms with van der Waals surface area (Å²) in [6, 6.07) is 5.22. The van der Waals surface area contributed by atoms with Crippen LogP contribution in [0.25, 0.3) is 0 Å². The molecule has 0 atom stereocenters. The van der Waals surface area contributed by atoms with E-state index < -0.39 is 0 Å². The Hall–Kier alpha value is -1.89. The lowest BCUT2D eigenvalue weighted by molar-refractivity contribution is -0.144. The molecule has 0 aromatic heterocycles. The second-order valence-electron chi connectivity index (χ2n) is 6.45. The van der Waals surface area contributed by atoms with E-state index in [1.165, 1.54) is 0 Å². The Morgan fingerprint density at radius 1 is 0.897 bits per heavy atom. The van der Waals surface area contributed by atoms with Crippen molar-refractivity contribution in [2.45, 2.75) is 58.8 Å². The third-order valence-corrected chi connectivity index (χ3v) is 4.74. The van der Waals surface area contributed by atoms with Crippen LogP contribution in [0.3, 0.4) is 0 Å². The molecule has 0 saturated carbocycles. The van der Waals surface area contributed by atoms with Gasteiger partial charge in [-0.25, -0.2) is 0 Å². The van der Waals surface area contributed by atoms with Crippen LogP contribution in [-0.2, 0) is 25.5 Å². The second-order valence-corrected chi connectivity index (χ2v) is 7.25. The van der Waals surface area contributed by atoms with Crippen molar-refractivity contribution >= 4 is 33.7 Å². The van der Waals surface area contributed by atoms with Crippen molar-refractivity contribution in [2.24, 2.45) is 0 Å². The van der Waals surface area contributed by atoms with Gasteiger partial charge in [-0.2, -0.15) is 0 Å². The average Bonchev–Trinajstić information content (AvgIpc) is 2.71. The molecule has 29 heavy (non-hydrogen) atoms. The molecule has 0 aliphatic carbocycles. The lowest BCUT2D eigenvalue weighted by atomic mass is 10.0. The van der Waals surface area contributed by atoms with Crippen molar-refractivity contribution in [2.75, 3.05) is 25.2 Å². The Labute approximate surface area is 181 Å². The van der Waals surface area contributed by atoms with Crippen molar-refractivity contribution in [3.8, 4) is 5.75 Å². The molecular formula is C22H31BrO6. The van der Waals surface area contributed by atoms with Gasteiger partial charge in [-0.1, -0.05) is 15.9 Å². The zero-order chi connectivity index (χ0) is 21.5. The fraction of sp³-hybridized carbons (Fsp3) is 0.591. The molecule has 0 saturated heterocycles. The first-order chi connectivity index (χ1) is 14.0. The minimum atomic E-state index is -0.383. The quantitative estimate of drug-likeness (QED) is 0.160. The molecule has 0 heterocycles. The number of ether oxygens (including phenoxy) is 3. The van der Waals surface area contributed by atoms with Gasteiger partial charge in [-0.15, -0.1) is 0 Å². The van der Waals surface area contributed by atoms with Crippen molar-refractivity contribution in [1.82, 2.24) is 0 Å². The van der Waals surface area contributed by atoms with E-state index in [1.54, 1.807) is 32.0 Å². The highest BCUT2D eigenvalue weighted by atomic mass is 79.9. The monoisotopic (exact) mass is 470 g/mol. The first-order valence-electron chi connectivity index (χ1n) is 10.2. The Bertz CT molecular complexity index is 659. The molecule has 0 amide bonds. The van der Waals surface area contributed by atoms with Crippen molar-refractivity contribution in [3.05, 3.63) is 29.3 Å². The summed E-state index contributed by atoms with van der Waals surface area (Å²) in [6.45, 7) is 4.71. The van der Waals surface area contributed by atoms with E-state index in [2.05, 4.69) is 15.9 Å². The Morgan fingerprint density at radius 2 is 1.59 bits per heavy atom. The summed E-state index contributed by atoms with van der Waals surface area (Å²) >= 11 is 3.41. The zero-order valence-electron chi connectivity index (χ0n) is 17.3. The Balaban J connectivity index is 2.79. The van der Waals surface area contributed by atoms with Crippen LogP contribution in [0, 0.1) is 0 Å². The maximum Gasteiger partial charge on any atom is 0.306 e. The predicted molar refractivity (Wildman–Crippen MR) is 115 cm³/mol. The van der Waals surface area contributed by atoms with E-state index in [1.807, 2.05) is 0 Å². The molecule has 0 fully saturated rings. The number of benzene rings is 1. The summed E-state index contributed by atoms with van der Waals surface area (Å²) in [7, 11) is 0. The molecule has 0 radical (unpaired) electrons. The van der Waals surface area contributed by atoms with Gasteiger partial charge in [0.2, 0.25) is 0 Å². The first kappa shape index (κ1) is 25.1. The molecule has 1 rings (SSSR count). The molecule has 7 heteroatoms.